The predicted octanol–water partition coefficient (Wildman–Crippen LogP) is 2.78. The second kappa shape index (κ2) is 6.53. The average molecular weight is 368 g/mol. The minimum Gasteiger partial charge on any atom is -0.492 e. The van der Waals surface area contributed by atoms with Gasteiger partial charge in [0.2, 0.25) is 5.88 Å². The highest BCUT2D eigenvalue weighted by atomic mass is 16.5. The van der Waals surface area contributed by atoms with Crippen molar-refractivity contribution >= 4 is 17.8 Å². The third-order valence-electron chi connectivity index (χ3n) is 4.78. The van der Waals surface area contributed by atoms with Gasteiger partial charge in [-0.15, -0.1) is 0 Å². The molecule has 8 heteroatoms. The molecule has 140 valence electrons. The van der Waals surface area contributed by atoms with E-state index in [1.54, 1.807) is 0 Å². The minimum absolute atomic E-state index is 0.0308. The second-order valence-corrected chi connectivity index (χ2v) is 6.40. The number of nitrogens with one attached hydrogen (secondary N) is 1. The van der Waals surface area contributed by atoms with Crippen molar-refractivity contribution in [2.75, 3.05) is 18.1 Å². The van der Waals surface area contributed by atoms with Crippen LogP contribution in [-0.4, -0.2) is 35.1 Å². The van der Waals surface area contributed by atoms with E-state index in [-0.39, 0.29) is 23.7 Å². The fourth-order valence-corrected chi connectivity index (χ4v) is 3.32. The standard InChI is InChI=1S/C17H14N4O4.C2H6/c22-14-8-20-16(23)21(14)12-6-19-13(7-18-12)25-11-3-1-2-10-15(11)17(4-5-17)9-24-10;1-2/h1-3,6-7H,4-5,8-9H2,(H,20,23);1-2H3. The van der Waals surface area contributed by atoms with E-state index in [9.17, 15) is 9.59 Å². The Balaban J connectivity index is 0.000000872. The lowest BCUT2D eigenvalue weighted by Gasteiger charge is -2.13. The Morgan fingerprint density at radius 1 is 1.19 bits per heavy atom. The van der Waals surface area contributed by atoms with Crippen LogP contribution in [0.5, 0.6) is 17.4 Å². The first-order valence-electron chi connectivity index (χ1n) is 9.03. The third kappa shape index (κ3) is 2.87. The van der Waals surface area contributed by atoms with E-state index in [1.165, 1.54) is 12.4 Å². The number of hydrogen-bond donors (Lipinski definition) is 1. The van der Waals surface area contributed by atoms with Crippen molar-refractivity contribution in [2.45, 2.75) is 32.1 Å². The zero-order chi connectivity index (χ0) is 19.0. The van der Waals surface area contributed by atoms with Gasteiger partial charge in [-0.25, -0.2) is 19.7 Å². The molecule has 2 aromatic rings. The monoisotopic (exact) mass is 368 g/mol. The highest BCUT2D eigenvalue weighted by Crippen LogP contribution is 2.58. The summed E-state index contributed by atoms with van der Waals surface area (Å²) in [6.45, 7) is 4.66. The molecule has 0 bridgehead atoms. The van der Waals surface area contributed by atoms with Gasteiger partial charge in [-0.3, -0.25) is 4.79 Å². The number of ether oxygens (including phenoxy) is 2. The molecule has 1 saturated heterocycles. The van der Waals surface area contributed by atoms with E-state index in [2.05, 4.69) is 15.3 Å². The highest BCUT2D eigenvalue weighted by Gasteiger charge is 2.52. The van der Waals surface area contributed by atoms with Crippen LogP contribution in [0.3, 0.4) is 0 Å². The van der Waals surface area contributed by atoms with Crippen LogP contribution in [0.15, 0.2) is 30.6 Å². The van der Waals surface area contributed by atoms with Crippen LogP contribution in [0.2, 0.25) is 0 Å². The van der Waals surface area contributed by atoms with Gasteiger partial charge in [-0.05, 0) is 25.0 Å². The molecule has 0 radical (unpaired) electrons. The minimum atomic E-state index is -0.498. The second-order valence-electron chi connectivity index (χ2n) is 6.40. The van der Waals surface area contributed by atoms with Crippen LogP contribution in [0.4, 0.5) is 10.6 Å². The molecule has 27 heavy (non-hydrogen) atoms. The Hall–Kier alpha value is -3.16. The normalized spacial score (nSPS) is 18.4. The first-order chi connectivity index (χ1) is 13.2. The molecule has 1 aromatic carbocycles. The van der Waals surface area contributed by atoms with Crippen LogP contribution in [0.25, 0.3) is 0 Å². The summed E-state index contributed by atoms with van der Waals surface area (Å²) in [5.41, 5.74) is 1.18. The fourth-order valence-electron chi connectivity index (χ4n) is 3.32. The number of urea groups is 1. The van der Waals surface area contributed by atoms with Crippen molar-refractivity contribution in [2.24, 2.45) is 0 Å². The van der Waals surface area contributed by atoms with Crippen molar-refractivity contribution in [3.8, 4) is 17.4 Å². The fraction of sp³-hybridized carbons (Fsp3) is 0.368. The number of carbonyl (C=O) groups excluding carboxylic acids is 2. The van der Waals surface area contributed by atoms with Gasteiger partial charge in [0, 0.05) is 11.0 Å². The Morgan fingerprint density at radius 3 is 2.63 bits per heavy atom. The number of imide groups is 1. The first-order valence-corrected chi connectivity index (χ1v) is 9.03. The molecule has 8 nitrogen and oxygen atoms in total. The van der Waals surface area contributed by atoms with Crippen LogP contribution in [0.1, 0.15) is 32.3 Å². The lowest BCUT2D eigenvalue weighted by atomic mass is 9.97. The summed E-state index contributed by atoms with van der Waals surface area (Å²) in [5.74, 6) is 1.68. The summed E-state index contributed by atoms with van der Waals surface area (Å²) >= 11 is 0. The van der Waals surface area contributed by atoms with Gasteiger partial charge in [-0.1, -0.05) is 19.9 Å². The Labute approximate surface area is 156 Å². The van der Waals surface area contributed by atoms with E-state index >= 15 is 0 Å². The number of aromatic nitrogens is 2. The van der Waals surface area contributed by atoms with Crippen molar-refractivity contribution in [3.05, 3.63) is 36.2 Å². The highest BCUT2D eigenvalue weighted by molar-refractivity contribution is 6.19. The Bertz CT molecular complexity index is 877. The number of carbonyl (C=O) groups is 2. The maximum Gasteiger partial charge on any atom is 0.330 e. The zero-order valence-corrected chi connectivity index (χ0v) is 15.2. The molecule has 3 amide bonds. The molecule has 1 saturated carbocycles. The number of amides is 3. The third-order valence-corrected chi connectivity index (χ3v) is 4.78. The molecular formula is C19H20N4O4. The maximum atomic E-state index is 11.7. The number of rotatable bonds is 3. The van der Waals surface area contributed by atoms with Crippen molar-refractivity contribution in [3.63, 3.8) is 0 Å². The molecular weight excluding hydrogens is 348 g/mol. The van der Waals surface area contributed by atoms with Gasteiger partial charge in [-0.2, -0.15) is 0 Å². The summed E-state index contributed by atoms with van der Waals surface area (Å²) in [7, 11) is 0. The number of benzene rings is 1. The number of anilines is 1. The number of fused-ring (bicyclic) bond motifs is 2. The smallest absolute Gasteiger partial charge is 0.330 e. The molecule has 1 aliphatic carbocycles. The largest absolute Gasteiger partial charge is 0.492 e. The topological polar surface area (TPSA) is 93.7 Å². The maximum absolute atomic E-state index is 11.7. The van der Waals surface area contributed by atoms with E-state index in [1.807, 2.05) is 32.0 Å². The lowest BCUT2D eigenvalue weighted by Crippen LogP contribution is -2.31. The average Bonchev–Trinajstić information content (AvgIpc) is 3.27. The van der Waals surface area contributed by atoms with Crippen molar-refractivity contribution in [1.29, 1.82) is 0 Å². The van der Waals surface area contributed by atoms with E-state index in [4.69, 9.17) is 9.47 Å². The van der Waals surface area contributed by atoms with E-state index in [0.717, 1.165) is 29.1 Å². The molecule has 1 aromatic heterocycles. The summed E-state index contributed by atoms with van der Waals surface area (Å²) in [4.78, 5) is 32.6. The van der Waals surface area contributed by atoms with E-state index < -0.39 is 6.03 Å². The summed E-state index contributed by atoms with van der Waals surface area (Å²) in [6.07, 6.45) is 4.95. The molecule has 2 aliphatic heterocycles. The number of hydrogen-bond acceptors (Lipinski definition) is 6. The van der Waals surface area contributed by atoms with Crippen LogP contribution < -0.4 is 19.7 Å². The first kappa shape index (κ1) is 17.3. The molecule has 1 spiro atoms. The van der Waals surface area contributed by atoms with Gasteiger partial charge in [0.25, 0.3) is 5.91 Å². The van der Waals surface area contributed by atoms with Gasteiger partial charge < -0.3 is 14.8 Å². The Kier molecular flexibility index (Phi) is 4.18. The van der Waals surface area contributed by atoms with Crippen LogP contribution in [0, 0.1) is 0 Å². The molecule has 0 unspecified atom stereocenters. The van der Waals surface area contributed by atoms with Gasteiger partial charge in [0.1, 0.15) is 11.5 Å². The summed E-state index contributed by atoms with van der Waals surface area (Å²) in [5, 5.41) is 2.44. The van der Waals surface area contributed by atoms with Crippen LogP contribution in [-0.2, 0) is 10.2 Å². The molecule has 1 N–H and O–H groups in total. The molecule has 3 aliphatic rings. The van der Waals surface area contributed by atoms with Crippen molar-refractivity contribution < 1.29 is 19.1 Å². The molecule has 2 fully saturated rings. The molecule has 5 rings (SSSR count). The van der Waals surface area contributed by atoms with Crippen LogP contribution >= 0.6 is 0 Å². The SMILES string of the molecule is CC.O=C1CNC(=O)N1c1cnc(Oc2cccc3c2C2(CC2)CO3)cn1. The number of nitrogens with zero attached hydrogens (tertiary/aromatic N) is 3. The van der Waals surface area contributed by atoms with E-state index in [0.29, 0.717) is 18.2 Å². The summed E-state index contributed by atoms with van der Waals surface area (Å²) < 4.78 is 11.7. The molecule has 0 atom stereocenters. The van der Waals surface area contributed by atoms with Gasteiger partial charge >= 0.3 is 6.03 Å². The quantitative estimate of drug-likeness (QED) is 0.838. The summed E-state index contributed by atoms with van der Waals surface area (Å²) in [6, 6.07) is 5.22. The lowest BCUT2D eigenvalue weighted by molar-refractivity contribution is -0.115. The molecule has 3 heterocycles. The van der Waals surface area contributed by atoms with Gasteiger partial charge in [0.05, 0.1) is 25.5 Å². The zero-order valence-electron chi connectivity index (χ0n) is 15.2. The van der Waals surface area contributed by atoms with Crippen molar-refractivity contribution in [1.82, 2.24) is 15.3 Å². The predicted molar refractivity (Wildman–Crippen MR) is 97.2 cm³/mol. The van der Waals surface area contributed by atoms with Gasteiger partial charge in [0.15, 0.2) is 5.82 Å². The Morgan fingerprint density at radius 2 is 2.00 bits per heavy atom.